The van der Waals surface area contributed by atoms with Crippen molar-refractivity contribution in [3.63, 3.8) is 0 Å². The van der Waals surface area contributed by atoms with Crippen LogP contribution in [0.25, 0.3) is 45.2 Å². The van der Waals surface area contributed by atoms with Gasteiger partial charge in [-0.2, -0.15) is 0 Å². The molecule has 0 amide bonds. The van der Waals surface area contributed by atoms with Crippen LogP contribution in [0.1, 0.15) is 74.6 Å². The highest BCUT2D eigenvalue weighted by Gasteiger charge is 2.52. The molecule has 0 bridgehead atoms. The summed E-state index contributed by atoms with van der Waals surface area (Å²) in [6.07, 6.45) is 3.93. The largest absolute Gasteiger partial charge is 0.456 e. The van der Waals surface area contributed by atoms with Crippen molar-refractivity contribution >= 4 is 17.5 Å². The molecule has 0 radical (unpaired) electrons. The Morgan fingerprint density at radius 3 is 1.83 bits per heavy atom. The van der Waals surface area contributed by atoms with Gasteiger partial charge in [0.2, 0.25) is 0 Å². The fourth-order valence-corrected chi connectivity index (χ4v) is 10.7. The summed E-state index contributed by atoms with van der Waals surface area (Å²) in [5, 5.41) is 3.74. The van der Waals surface area contributed by atoms with Crippen molar-refractivity contribution in [1.82, 2.24) is 5.32 Å². The molecule has 1 N–H and O–H groups in total. The second-order valence-electron chi connectivity index (χ2n) is 17.5. The molecule has 2 aliphatic heterocycles. The van der Waals surface area contributed by atoms with Gasteiger partial charge in [0.15, 0.2) is 0 Å². The number of nitrogens with one attached hydrogen (secondary N) is 1. The highest BCUT2D eigenvalue weighted by molar-refractivity contribution is 6.13. The zero-order chi connectivity index (χ0) is 44.2. The van der Waals surface area contributed by atoms with Crippen LogP contribution in [-0.2, 0) is 5.41 Å². The second kappa shape index (κ2) is 16.1. The number of hydrogen-bond acceptors (Lipinski definition) is 3. The minimum Gasteiger partial charge on any atom is -0.456 e. The molecule has 0 aromatic heterocycles. The fraction of sp³-hybridized carbons (Fsp3) is 0.0635. The van der Waals surface area contributed by atoms with Crippen LogP contribution >= 0.6 is 0 Å². The summed E-state index contributed by atoms with van der Waals surface area (Å²) < 4.78 is 7.43. The molecule has 2 unspecified atom stereocenters. The van der Waals surface area contributed by atoms with Gasteiger partial charge in [0.25, 0.3) is 0 Å². The molecular formula is C63H46N2O. The van der Waals surface area contributed by atoms with Crippen molar-refractivity contribution in [1.29, 1.82) is 0 Å². The molecule has 1 aliphatic carbocycles. The Morgan fingerprint density at radius 1 is 0.545 bits per heavy atom. The molecular weight excluding hydrogens is 801 g/mol. The molecule has 2 heterocycles. The summed E-state index contributed by atoms with van der Waals surface area (Å²) >= 11 is 0. The van der Waals surface area contributed by atoms with Gasteiger partial charge in [-0.3, -0.25) is 4.99 Å². The van der Waals surface area contributed by atoms with Crippen LogP contribution in [0.4, 0.5) is 0 Å². The number of benzene rings is 9. The maximum atomic E-state index is 7.43. The number of aliphatic imine (C=N–C) groups is 1. The van der Waals surface area contributed by atoms with E-state index in [-0.39, 0.29) is 12.1 Å². The highest BCUT2D eigenvalue weighted by atomic mass is 16.5. The van der Waals surface area contributed by atoms with Crippen LogP contribution in [0.5, 0.6) is 11.5 Å². The summed E-state index contributed by atoms with van der Waals surface area (Å²) in [5.41, 5.74) is 19.9. The lowest BCUT2D eigenvalue weighted by Crippen LogP contribution is -2.32. The van der Waals surface area contributed by atoms with Crippen LogP contribution in [0.2, 0.25) is 0 Å². The van der Waals surface area contributed by atoms with Crippen molar-refractivity contribution in [2.45, 2.75) is 24.4 Å². The normalized spacial score (nSPS) is 15.4. The smallest absolute Gasteiger partial charge is 0.145 e. The predicted molar refractivity (Wildman–Crippen MR) is 272 cm³/mol. The molecule has 0 fully saturated rings. The van der Waals surface area contributed by atoms with Gasteiger partial charge in [-0.1, -0.05) is 226 Å². The third-order valence-corrected chi connectivity index (χ3v) is 13.9. The molecule has 66 heavy (non-hydrogen) atoms. The van der Waals surface area contributed by atoms with Crippen LogP contribution in [0.15, 0.2) is 236 Å². The Morgan fingerprint density at radius 2 is 1.14 bits per heavy atom. The van der Waals surface area contributed by atoms with E-state index in [4.69, 9.17) is 9.73 Å². The number of ether oxygens (including phenoxy) is 1. The molecule has 3 aliphatic rings. The lowest BCUT2D eigenvalue weighted by molar-refractivity contribution is 0.437. The Balaban J connectivity index is 1.03. The monoisotopic (exact) mass is 846 g/mol. The molecule has 3 nitrogen and oxygen atoms in total. The SMILES string of the molecule is C=Cc1ccccc1-c1c(C(C)c2ccccc2)ccc2c1Oc1ccc(-c3ccc(C4=CC(c5ccccc5)=NC(c5ccccc5)N4)cc3)cc1C21c2ccccc2-c2ccccc21. The van der Waals surface area contributed by atoms with Crippen LogP contribution in [0, 0.1) is 0 Å². The van der Waals surface area contributed by atoms with Crippen LogP contribution in [0.3, 0.4) is 0 Å². The zero-order valence-electron chi connectivity index (χ0n) is 36.7. The number of nitrogens with zero attached hydrogens (tertiary/aromatic N) is 1. The first-order chi connectivity index (χ1) is 32.6. The molecule has 3 heteroatoms. The number of allylic oxidation sites excluding steroid dienone is 1. The maximum absolute atomic E-state index is 7.43. The van der Waals surface area contributed by atoms with E-state index in [2.05, 4.69) is 231 Å². The summed E-state index contributed by atoms with van der Waals surface area (Å²) in [4.78, 5) is 5.16. The van der Waals surface area contributed by atoms with Gasteiger partial charge in [0.1, 0.15) is 17.7 Å². The van der Waals surface area contributed by atoms with E-state index in [0.717, 1.165) is 78.5 Å². The fourth-order valence-electron chi connectivity index (χ4n) is 10.7. The molecule has 9 aromatic carbocycles. The first-order valence-corrected chi connectivity index (χ1v) is 22.8. The average Bonchev–Trinajstić information content (AvgIpc) is 3.69. The molecule has 1 spiro atoms. The Bertz CT molecular complexity index is 3340. The Labute approximate surface area is 386 Å². The van der Waals surface area contributed by atoms with Gasteiger partial charge >= 0.3 is 0 Å². The average molecular weight is 847 g/mol. The van der Waals surface area contributed by atoms with Gasteiger partial charge in [0, 0.05) is 28.3 Å². The lowest BCUT2D eigenvalue weighted by Gasteiger charge is -2.41. The molecule has 314 valence electrons. The number of fused-ring (bicyclic) bond motifs is 9. The van der Waals surface area contributed by atoms with Gasteiger partial charge in [-0.05, 0) is 90.5 Å². The Kier molecular flexibility index (Phi) is 9.57. The van der Waals surface area contributed by atoms with E-state index in [1.807, 2.05) is 18.2 Å². The van der Waals surface area contributed by atoms with Gasteiger partial charge in [-0.25, -0.2) is 0 Å². The summed E-state index contributed by atoms with van der Waals surface area (Å²) in [6, 6.07) is 78.6. The Hall–Kier alpha value is -8.27. The number of hydrogen-bond donors (Lipinski definition) is 1. The molecule has 0 saturated heterocycles. The van der Waals surface area contributed by atoms with E-state index in [9.17, 15) is 0 Å². The third kappa shape index (κ3) is 6.30. The molecule has 12 rings (SSSR count). The quantitative estimate of drug-likeness (QED) is 0.165. The van der Waals surface area contributed by atoms with Gasteiger partial charge in [-0.15, -0.1) is 0 Å². The minimum atomic E-state index is -0.658. The van der Waals surface area contributed by atoms with Crippen molar-refractivity contribution in [2.75, 3.05) is 0 Å². The first-order valence-electron chi connectivity index (χ1n) is 22.8. The van der Waals surface area contributed by atoms with Crippen molar-refractivity contribution in [3.05, 3.63) is 287 Å². The summed E-state index contributed by atoms with van der Waals surface area (Å²) in [7, 11) is 0. The lowest BCUT2D eigenvalue weighted by atomic mass is 9.64. The zero-order valence-corrected chi connectivity index (χ0v) is 36.7. The van der Waals surface area contributed by atoms with Crippen LogP contribution in [-0.4, -0.2) is 5.71 Å². The van der Waals surface area contributed by atoms with Crippen molar-refractivity contribution < 1.29 is 4.74 Å². The molecule has 9 aromatic rings. The van der Waals surface area contributed by atoms with E-state index in [1.165, 1.54) is 33.4 Å². The minimum absolute atomic E-state index is 0.0971. The topological polar surface area (TPSA) is 33.6 Å². The highest BCUT2D eigenvalue weighted by Crippen LogP contribution is 2.64. The van der Waals surface area contributed by atoms with E-state index in [0.29, 0.717) is 0 Å². The summed E-state index contributed by atoms with van der Waals surface area (Å²) in [6.45, 7) is 6.58. The standard InChI is InChI=1S/C63H46N2O/c1-3-42-19-13-14-26-50(42)60-49(41(2)43-20-7-4-8-21-43)36-37-55-61(60)66-59-38-35-48(39-56(59)63(55)53-29-17-15-27-51(53)52-28-16-18-30-54(52)63)44-31-33-46(34-32-44)58-40-57(45-22-9-5-10-23-45)64-62(65-58)47-24-11-6-12-25-47/h3-41,62,65H,1H2,2H3. The molecule has 0 saturated carbocycles. The van der Waals surface area contributed by atoms with E-state index < -0.39 is 5.41 Å². The van der Waals surface area contributed by atoms with Crippen molar-refractivity contribution in [2.24, 2.45) is 4.99 Å². The summed E-state index contributed by atoms with van der Waals surface area (Å²) in [5.74, 6) is 1.84. The van der Waals surface area contributed by atoms with Gasteiger partial charge in [0.05, 0.1) is 11.1 Å². The van der Waals surface area contributed by atoms with Gasteiger partial charge < -0.3 is 10.1 Å². The second-order valence-corrected chi connectivity index (χ2v) is 17.5. The van der Waals surface area contributed by atoms with Crippen molar-refractivity contribution in [3.8, 4) is 44.9 Å². The first kappa shape index (κ1) is 39.3. The van der Waals surface area contributed by atoms with E-state index in [1.54, 1.807) is 0 Å². The maximum Gasteiger partial charge on any atom is 0.145 e. The predicted octanol–water partition coefficient (Wildman–Crippen LogP) is 15.4. The van der Waals surface area contributed by atoms with E-state index >= 15 is 0 Å². The third-order valence-electron chi connectivity index (χ3n) is 13.9. The van der Waals surface area contributed by atoms with Crippen LogP contribution < -0.4 is 10.1 Å². The number of rotatable bonds is 8. The molecule has 2 atom stereocenters.